The third kappa shape index (κ3) is 1.95. The van der Waals surface area contributed by atoms with Crippen LogP contribution < -0.4 is 5.32 Å². The van der Waals surface area contributed by atoms with Crippen LogP contribution >= 0.6 is 0 Å². The van der Waals surface area contributed by atoms with Crippen molar-refractivity contribution in [2.24, 2.45) is 0 Å². The fourth-order valence-corrected chi connectivity index (χ4v) is 1.51. The Morgan fingerprint density at radius 2 is 2.27 bits per heavy atom. The van der Waals surface area contributed by atoms with E-state index in [0.29, 0.717) is 5.82 Å². The van der Waals surface area contributed by atoms with Crippen molar-refractivity contribution in [3.8, 4) is 0 Å². The van der Waals surface area contributed by atoms with E-state index in [2.05, 4.69) is 15.3 Å². The molecule has 84 valence electrons. The number of aromatic nitrogens is 2. The lowest BCUT2D eigenvalue weighted by Crippen LogP contribution is -2.36. The molecule has 1 aliphatic rings. The molecule has 1 aromatic rings. The molecule has 1 aliphatic heterocycles. The van der Waals surface area contributed by atoms with Gasteiger partial charge in [-0.15, -0.1) is 0 Å². The smallest absolute Gasteiger partial charge is 0.158 e. The molecule has 0 bridgehead atoms. The van der Waals surface area contributed by atoms with Gasteiger partial charge >= 0.3 is 0 Å². The number of imidazole rings is 1. The number of H-pyrrole nitrogens is 1. The van der Waals surface area contributed by atoms with Gasteiger partial charge in [-0.3, -0.25) is 0 Å². The van der Waals surface area contributed by atoms with E-state index in [0.717, 1.165) is 0 Å². The average molecular weight is 215 g/mol. The monoisotopic (exact) mass is 215 g/mol. The minimum absolute atomic E-state index is 0.334. The highest BCUT2D eigenvalue weighted by atomic mass is 16.6. The van der Waals surface area contributed by atoms with Crippen LogP contribution in [0.4, 0.5) is 5.82 Å². The van der Waals surface area contributed by atoms with E-state index in [-0.39, 0.29) is 6.61 Å². The first-order chi connectivity index (χ1) is 7.22. The highest BCUT2D eigenvalue weighted by molar-refractivity contribution is 5.32. The van der Waals surface area contributed by atoms with Crippen molar-refractivity contribution in [1.82, 2.24) is 9.97 Å². The number of hydrogen-bond donors (Lipinski definition) is 5. The van der Waals surface area contributed by atoms with E-state index in [9.17, 15) is 10.2 Å². The number of aliphatic hydroxyl groups excluding tert-OH is 3. The molecule has 2 heterocycles. The highest BCUT2D eigenvalue weighted by Crippen LogP contribution is 2.21. The number of nitrogens with zero attached hydrogens (tertiary/aromatic N) is 1. The lowest BCUT2D eigenvalue weighted by atomic mass is 10.1. The molecule has 5 N–H and O–H groups in total. The molecule has 0 aromatic carbocycles. The third-order valence-corrected chi connectivity index (χ3v) is 2.34. The van der Waals surface area contributed by atoms with Crippen LogP contribution in [0.15, 0.2) is 12.5 Å². The summed E-state index contributed by atoms with van der Waals surface area (Å²) in [5.41, 5.74) is 0. The van der Waals surface area contributed by atoms with Crippen LogP contribution in [0.2, 0.25) is 0 Å². The molecule has 7 nitrogen and oxygen atoms in total. The van der Waals surface area contributed by atoms with Gasteiger partial charge in [-0.2, -0.15) is 0 Å². The van der Waals surface area contributed by atoms with Gasteiger partial charge in [-0.25, -0.2) is 4.98 Å². The summed E-state index contributed by atoms with van der Waals surface area (Å²) in [6, 6.07) is 0. The first-order valence-corrected chi connectivity index (χ1v) is 4.59. The Morgan fingerprint density at radius 3 is 2.80 bits per heavy atom. The topological polar surface area (TPSA) is 111 Å². The van der Waals surface area contributed by atoms with Gasteiger partial charge in [0.2, 0.25) is 0 Å². The second-order valence-electron chi connectivity index (χ2n) is 3.37. The fourth-order valence-electron chi connectivity index (χ4n) is 1.51. The predicted octanol–water partition coefficient (Wildman–Crippen LogP) is -1.74. The van der Waals surface area contributed by atoms with Gasteiger partial charge in [0.05, 0.1) is 19.1 Å². The fraction of sp³-hybridized carbons (Fsp3) is 0.625. The summed E-state index contributed by atoms with van der Waals surface area (Å²) in [4.78, 5) is 6.56. The Hall–Kier alpha value is -1.15. The van der Waals surface area contributed by atoms with Crippen molar-refractivity contribution in [1.29, 1.82) is 0 Å². The van der Waals surface area contributed by atoms with E-state index >= 15 is 0 Å². The van der Waals surface area contributed by atoms with E-state index < -0.39 is 24.5 Å². The number of anilines is 1. The van der Waals surface area contributed by atoms with Gasteiger partial charge in [0.25, 0.3) is 0 Å². The molecule has 0 saturated carbocycles. The SMILES string of the molecule is OC[C@H]1OC(Nc2cnc[nH]2)[C@H](O)[C@@H]1O. The van der Waals surface area contributed by atoms with Crippen LogP contribution in [-0.4, -0.2) is 56.4 Å². The molecular weight excluding hydrogens is 202 g/mol. The first-order valence-electron chi connectivity index (χ1n) is 4.59. The molecule has 1 unspecified atom stereocenters. The van der Waals surface area contributed by atoms with Crippen molar-refractivity contribution >= 4 is 5.82 Å². The maximum atomic E-state index is 9.57. The van der Waals surface area contributed by atoms with Crippen molar-refractivity contribution < 1.29 is 20.1 Å². The van der Waals surface area contributed by atoms with E-state index in [1.807, 2.05) is 0 Å². The molecule has 7 heteroatoms. The van der Waals surface area contributed by atoms with Crippen LogP contribution in [0.5, 0.6) is 0 Å². The van der Waals surface area contributed by atoms with Crippen molar-refractivity contribution in [3.63, 3.8) is 0 Å². The van der Waals surface area contributed by atoms with Gasteiger partial charge < -0.3 is 30.4 Å². The average Bonchev–Trinajstić information content (AvgIpc) is 2.82. The molecular formula is C8H13N3O4. The van der Waals surface area contributed by atoms with Crippen molar-refractivity contribution in [3.05, 3.63) is 12.5 Å². The van der Waals surface area contributed by atoms with Gasteiger partial charge in [-0.1, -0.05) is 0 Å². The maximum Gasteiger partial charge on any atom is 0.158 e. The van der Waals surface area contributed by atoms with Crippen LogP contribution in [0.3, 0.4) is 0 Å². The molecule has 4 atom stereocenters. The zero-order valence-electron chi connectivity index (χ0n) is 7.87. The number of ether oxygens (including phenoxy) is 1. The molecule has 0 spiro atoms. The summed E-state index contributed by atoms with van der Waals surface area (Å²) < 4.78 is 5.20. The number of nitrogens with one attached hydrogen (secondary N) is 2. The van der Waals surface area contributed by atoms with Crippen molar-refractivity contribution in [2.75, 3.05) is 11.9 Å². The van der Waals surface area contributed by atoms with Gasteiger partial charge in [0.15, 0.2) is 6.23 Å². The van der Waals surface area contributed by atoms with E-state index in [4.69, 9.17) is 9.84 Å². The van der Waals surface area contributed by atoms with Crippen LogP contribution in [0, 0.1) is 0 Å². The largest absolute Gasteiger partial charge is 0.394 e. The van der Waals surface area contributed by atoms with Gasteiger partial charge in [0.1, 0.15) is 24.1 Å². The van der Waals surface area contributed by atoms with Crippen LogP contribution in [0.1, 0.15) is 0 Å². The lowest BCUT2D eigenvalue weighted by molar-refractivity contribution is -0.0153. The first kappa shape index (κ1) is 10.4. The van der Waals surface area contributed by atoms with Crippen molar-refractivity contribution in [2.45, 2.75) is 24.5 Å². The van der Waals surface area contributed by atoms with Crippen LogP contribution in [-0.2, 0) is 4.74 Å². The summed E-state index contributed by atoms with van der Waals surface area (Å²) in [5, 5.41) is 30.7. The second-order valence-corrected chi connectivity index (χ2v) is 3.37. The number of aliphatic hydroxyl groups is 3. The van der Waals surface area contributed by atoms with Gasteiger partial charge in [-0.05, 0) is 0 Å². The Bertz CT molecular complexity index is 305. The number of hydrogen-bond acceptors (Lipinski definition) is 6. The minimum atomic E-state index is -1.09. The Morgan fingerprint density at radius 1 is 1.47 bits per heavy atom. The summed E-state index contributed by atoms with van der Waals surface area (Å²) in [6.07, 6.45) is -0.683. The van der Waals surface area contributed by atoms with E-state index in [1.165, 1.54) is 12.5 Å². The predicted molar refractivity (Wildman–Crippen MR) is 50.0 cm³/mol. The minimum Gasteiger partial charge on any atom is -0.394 e. The quantitative estimate of drug-likeness (QED) is 0.409. The zero-order valence-corrected chi connectivity index (χ0v) is 7.87. The molecule has 0 aliphatic carbocycles. The zero-order chi connectivity index (χ0) is 10.8. The molecule has 2 rings (SSSR count). The van der Waals surface area contributed by atoms with Crippen LogP contribution in [0.25, 0.3) is 0 Å². The summed E-state index contributed by atoms with van der Waals surface area (Å²) >= 11 is 0. The summed E-state index contributed by atoms with van der Waals surface area (Å²) in [7, 11) is 0. The highest BCUT2D eigenvalue weighted by Gasteiger charge is 2.42. The lowest BCUT2D eigenvalue weighted by Gasteiger charge is -2.15. The maximum absolute atomic E-state index is 9.57. The molecule has 0 radical (unpaired) electrons. The van der Waals surface area contributed by atoms with E-state index in [1.54, 1.807) is 0 Å². The number of aromatic amines is 1. The normalized spacial score (nSPS) is 35.7. The Balaban J connectivity index is 1.99. The molecule has 0 amide bonds. The molecule has 1 saturated heterocycles. The summed E-state index contributed by atoms with van der Waals surface area (Å²) in [6.45, 7) is -0.334. The number of rotatable bonds is 3. The van der Waals surface area contributed by atoms with Gasteiger partial charge in [0, 0.05) is 0 Å². The molecule has 15 heavy (non-hydrogen) atoms. The Labute approximate surface area is 85.7 Å². The third-order valence-electron chi connectivity index (χ3n) is 2.34. The molecule has 1 aromatic heterocycles. The second kappa shape index (κ2) is 4.15. The summed E-state index contributed by atoms with van der Waals surface area (Å²) in [5.74, 6) is 0.574. The standard InChI is InChI=1S/C8H13N3O4/c12-2-4-6(13)7(14)8(15-4)11-5-1-9-3-10-5/h1,3-4,6-8,11-14H,2H2,(H,9,10)/t4-,6-,7-,8?/m1/s1. The molecule has 1 fully saturated rings. The Kier molecular flexibility index (Phi) is 2.87.